The molecule has 0 spiro atoms. The zero-order valence-electron chi connectivity index (χ0n) is 57.2. The molecule has 0 aromatic heterocycles. The maximum absolute atomic E-state index is 3.34. The summed E-state index contributed by atoms with van der Waals surface area (Å²) in [5.41, 5.74) is 13.7. The molecular formula is C86H99N3P8. The van der Waals surface area contributed by atoms with Gasteiger partial charge in [-0.2, -0.15) is 0 Å². The minimum atomic E-state index is -0.789. The Morgan fingerprint density at radius 3 is 0.794 bits per heavy atom. The molecule has 13 atom stereocenters. The highest BCUT2D eigenvalue weighted by Gasteiger charge is 2.46. The zero-order chi connectivity index (χ0) is 66.3. The van der Waals surface area contributed by atoms with Crippen molar-refractivity contribution in [3.05, 3.63) is 324 Å². The van der Waals surface area contributed by atoms with Crippen LogP contribution < -0.4 is 31.8 Å². The summed E-state index contributed by atoms with van der Waals surface area (Å²) in [6.45, 7) is 10.5. The Labute approximate surface area is 595 Å². The van der Waals surface area contributed by atoms with E-state index < -0.39 is 48.4 Å². The van der Waals surface area contributed by atoms with Crippen LogP contribution in [0.15, 0.2) is 279 Å². The molecule has 7 unspecified atom stereocenters. The lowest BCUT2D eigenvalue weighted by molar-refractivity contribution is 0.632. The van der Waals surface area contributed by atoms with Crippen LogP contribution in [0.25, 0.3) is 0 Å². The van der Waals surface area contributed by atoms with Crippen molar-refractivity contribution in [2.45, 2.75) is 144 Å². The van der Waals surface area contributed by atoms with Crippen LogP contribution in [-0.2, 0) is 12.8 Å². The van der Waals surface area contributed by atoms with Gasteiger partial charge in [0.15, 0.2) is 0 Å². The first kappa shape index (κ1) is 70.9. The molecule has 0 N–H and O–H groups in total. The minimum absolute atomic E-state index is 0.423. The molecule has 13 rings (SSSR count). The van der Waals surface area contributed by atoms with Crippen LogP contribution in [0.1, 0.15) is 165 Å². The number of unbranched alkanes of at least 4 members (excludes halogenated alkanes) is 3. The highest BCUT2D eigenvalue weighted by Crippen LogP contribution is 2.77. The van der Waals surface area contributed by atoms with Gasteiger partial charge in [0.25, 0.3) is 0 Å². The standard InChI is InChI=1S/C86H99N3P8/c1-4-7-62-87(92(75-32-20-12-21-33-75)76-34-22-13-23-35-76)95-81(73-48-40-67(41-49-73)65-69-44-52-79(53-45-69)93(77-36-24-14-25-37-77)88(63-8-5-2)96-83(58-60-85(96)90)71-28-16-10-17-29-71)56-57-82(95)74-50-42-68(43-51-74)66-70-46-54-80(55-47-70)94(78-38-26-15-27-39-78)89(64-9-6-3)97-84(59-61-86(97)91)72-30-18-11-19-31-72/h10-55,81-86H,4-9,56-66,90-91H2,1-3H3/t81-,82-,83-,84+,85-,86+,93?,94?,95?,96?,97?/m0/s1. The average molecular weight is 1420 g/mol. The first-order valence-corrected chi connectivity index (χ1v) is 45.6. The van der Waals surface area contributed by atoms with Crippen molar-refractivity contribution < 1.29 is 0 Å². The van der Waals surface area contributed by atoms with E-state index >= 15 is 0 Å². The quantitative estimate of drug-likeness (QED) is 0.0433. The predicted octanol–water partition coefficient (Wildman–Crippen LogP) is 23.2. The maximum Gasteiger partial charge on any atom is 0.0318 e. The molecule has 3 nitrogen and oxygen atoms in total. The molecular weight excluding hydrogens is 1320 g/mol. The molecule has 10 aromatic carbocycles. The van der Waals surface area contributed by atoms with Crippen LogP contribution in [0.3, 0.4) is 0 Å². The Kier molecular flexibility index (Phi) is 25.9. The second-order valence-corrected chi connectivity index (χ2v) is 44.3. The molecule has 10 aromatic rings. The first-order chi connectivity index (χ1) is 47.8. The van der Waals surface area contributed by atoms with Crippen molar-refractivity contribution in [2.75, 3.05) is 19.6 Å². The highest BCUT2D eigenvalue weighted by molar-refractivity contribution is 7.82. The third kappa shape index (κ3) is 17.2. The molecule has 3 aliphatic rings. The zero-order valence-corrected chi connectivity index (χ0v) is 64.9. The number of hydrogen-bond donors (Lipinski definition) is 0. The van der Waals surface area contributed by atoms with Gasteiger partial charge in [0.05, 0.1) is 0 Å². The lowest BCUT2D eigenvalue weighted by Crippen LogP contribution is -2.28. The van der Waals surface area contributed by atoms with Crippen molar-refractivity contribution >= 4 is 98.7 Å². The van der Waals surface area contributed by atoms with Gasteiger partial charge >= 0.3 is 0 Å². The summed E-state index contributed by atoms with van der Waals surface area (Å²) in [4.78, 5) is 0. The van der Waals surface area contributed by atoms with Crippen LogP contribution in [0, 0.1) is 0 Å². The lowest BCUT2D eigenvalue weighted by atomic mass is 9.99. The SMILES string of the molecule is CCCCN(P(c1ccccc1)c1ccc(Cc2ccc([C@@H]3CC[C@@H](c4ccc(Cc5ccc(P(c6ccccc6)N(CCCC)P6[C@H](P)CC[C@H]6c6ccccc6)cc5)cc4)P3N(CCCC)P(c3ccccc3)c3ccccc3)cc2)cc1)P1[C@@H](c2ccccc2)CC[C@@H]1P. The fourth-order valence-electron chi connectivity index (χ4n) is 15.1. The van der Waals surface area contributed by atoms with Crippen molar-refractivity contribution in [3.8, 4) is 0 Å². The molecule has 0 bridgehead atoms. The molecule has 3 saturated heterocycles. The van der Waals surface area contributed by atoms with E-state index in [0.717, 1.165) is 32.5 Å². The average Bonchev–Trinajstić information content (AvgIpc) is 1.74. The van der Waals surface area contributed by atoms with Crippen LogP contribution in [0.2, 0.25) is 0 Å². The number of nitrogens with zero attached hydrogens (tertiary/aromatic N) is 3. The van der Waals surface area contributed by atoms with Gasteiger partial charge in [-0.15, -0.1) is 18.5 Å². The summed E-state index contributed by atoms with van der Waals surface area (Å²) >= 11 is 0. The number of hydrogen-bond acceptors (Lipinski definition) is 3. The van der Waals surface area contributed by atoms with Crippen LogP contribution in [0.5, 0.6) is 0 Å². The van der Waals surface area contributed by atoms with E-state index in [0.29, 0.717) is 33.4 Å². The van der Waals surface area contributed by atoms with Crippen LogP contribution >= 0.6 is 66.9 Å². The smallest absolute Gasteiger partial charge is 0.0318 e. The molecule has 3 aliphatic heterocycles. The molecule has 0 saturated carbocycles. The van der Waals surface area contributed by atoms with E-state index in [-0.39, 0.29) is 0 Å². The second kappa shape index (κ2) is 35.4. The third-order valence-electron chi connectivity index (χ3n) is 20.0. The molecule has 3 heterocycles. The van der Waals surface area contributed by atoms with Crippen LogP contribution in [0.4, 0.5) is 0 Å². The fraction of sp³-hybridized carbons (Fsp3) is 0.302. The lowest BCUT2D eigenvalue weighted by Gasteiger charge is -2.42. The third-order valence-corrected chi connectivity index (χ3v) is 41.6. The van der Waals surface area contributed by atoms with E-state index in [2.05, 4.69) is 332 Å². The number of benzene rings is 10. The normalized spacial score (nSPS) is 21.6. The topological polar surface area (TPSA) is 9.72 Å². The number of rotatable bonds is 29. The summed E-state index contributed by atoms with van der Waals surface area (Å²) in [6.07, 6.45) is 16.5. The van der Waals surface area contributed by atoms with E-state index in [1.807, 2.05) is 0 Å². The molecule has 3 fully saturated rings. The summed E-state index contributed by atoms with van der Waals surface area (Å²) in [5.74, 6) is 0. The Morgan fingerprint density at radius 1 is 0.278 bits per heavy atom. The van der Waals surface area contributed by atoms with E-state index in [1.54, 1.807) is 0 Å². The van der Waals surface area contributed by atoms with Gasteiger partial charge in [0, 0.05) is 77.3 Å². The molecule has 0 radical (unpaired) electrons. The van der Waals surface area contributed by atoms with Gasteiger partial charge in [-0.05, 0) is 171 Å². The first-order valence-electron chi connectivity index (χ1n) is 36.1. The van der Waals surface area contributed by atoms with Gasteiger partial charge in [-0.3, -0.25) is 13.3 Å². The van der Waals surface area contributed by atoms with Crippen molar-refractivity contribution in [3.63, 3.8) is 0 Å². The van der Waals surface area contributed by atoms with Gasteiger partial charge < -0.3 is 0 Å². The molecule has 11 heteroatoms. The monoisotopic (exact) mass is 1420 g/mol. The Morgan fingerprint density at radius 2 is 0.505 bits per heavy atom. The largest absolute Gasteiger partial charge is 0.251 e. The Balaban J connectivity index is 0.774. The van der Waals surface area contributed by atoms with E-state index in [9.17, 15) is 0 Å². The van der Waals surface area contributed by atoms with Gasteiger partial charge in [0.2, 0.25) is 0 Å². The fourth-order valence-corrected chi connectivity index (χ4v) is 40.1. The second-order valence-electron chi connectivity index (χ2n) is 26.7. The highest BCUT2D eigenvalue weighted by atomic mass is 31.2. The predicted molar refractivity (Wildman–Crippen MR) is 440 cm³/mol. The van der Waals surface area contributed by atoms with Crippen molar-refractivity contribution in [1.29, 1.82) is 0 Å². The summed E-state index contributed by atoms with van der Waals surface area (Å²) < 4.78 is 9.16. The summed E-state index contributed by atoms with van der Waals surface area (Å²) in [6, 6.07) is 109. The Bertz CT molecular complexity index is 3700. The van der Waals surface area contributed by atoms with Gasteiger partial charge in [0.1, 0.15) is 0 Å². The van der Waals surface area contributed by atoms with E-state index in [1.165, 1.54) is 153 Å². The van der Waals surface area contributed by atoms with Gasteiger partial charge in [-0.1, -0.05) is 319 Å². The van der Waals surface area contributed by atoms with Crippen molar-refractivity contribution in [1.82, 2.24) is 13.3 Å². The minimum Gasteiger partial charge on any atom is -0.251 e. The molecule has 0 amide bonds. The van der Waals surface area contributed by atoms with E-state index in [4.69, 9.17) is 0 Å². The summed E-state index contributed by atoms with van der Waals surface area (Å²) in [5, 5.41) is 10.0. The Hall–Kier alpha value is -4.48. The molecule has 97 heavy (non-hydrogen) atoms. The summed E-state index contributed by atoms with van der Waals surface area (Å²) in [7, 11) is 2.94. The molecule has 498 valence electrons. The van der Waals surface area contributed by atoms with Gasteiger partial charge in [-0.25, -0.2) is 0 Å². The van der Waals surface area contributed by atoms with Crippen LogP contribution in [-0.4, -0.2) is 43.8 Å². The van der Waals surface area contributed by atoms with Crippen molar-refractivity contribution in [2.24, 2.45) is 0 Å². The maximum atomic E-state index is 3.34. The molecule has 0 aliphatic carbocycles.